The quantitative estimate of drug-likeness (QED) is 0.890. The first-order chi connectivity index (χ1) is 8.92. The molecule has 0 aliphatic rings. The zero-order chi connectivity index (χ0) is 14.0. The molecular formula is C12H16N4O2S. The smallest absolute Gasteiger partial charge is 0.267 e. The summed E-state index contributed by atoms with van der Waals surface area (Å²) in [5.41, 5.74) is 7.11. The van der Waals surface area contributed by atoms with Crippen molar-refractivity contribution in [2.24, 2.45) is 0 Å². The van der Waals surface area contributed by atoms with E-state index in [1.807, 2.05) is 19.9 Å². The lowest BCUT2D eigenvalue weighted by molar-refractivity contribution is 0.600. The Kier molecular flexibility index (Phi) is 3.48. The van der Waals surface area contributed by atoms with E-state index in [4.69, 9.17) is 5.73 Å². The Hall–Kier alpha value is -2.02. The van der Waals surface area contributed by atoms with Gasteiger partial charge >= 0.3 is 0 Å². The van der Waals surface area contributed by atoms with Crippen LogP contribution in [0.3, 0.4) is 0 Å². The molecule has 0 bridgehead atoms. The topological polar surface area (TPSA) is 90.0 Å². The fourth-order valence-corrected chi connectivity index (χ4v) is 2.83. The Bertz CT molecular complexity index is 692. The maximum atomic E-state index is 12.2. The fraction of sp³-hybridized carbons (Fsp3) is 0.250. The number of aryl methyl sites for hydroxylation is 2. The van der Waals surface area contributed by atoms with Crippen molar-refractivity contribution in [1.29, 1.82) is 0 Å². The molecule has 1 aromatic carbocycles. The highest BCUT2D eigenvalue weighted by atomic mass is 32.2. The van der Waals surface area contributed by atoms with E-state index in [1.54, 1.807) is 18.2 Å². The molecule has 0 aliphatic heterocycles. The zero-order valence-electron chi connectivity index (χ0n) is 10.8. The molecule has 102 valence electrons. The molecule has 1 heterocycles. The van der Waals surface area contributed by atoms with Crippen LogP contribution >= 0.6 is 0 Å². The van der Waals surface area contributed by atoms with Gasteiger partial charge in [-0.25, -0.2) is 8.42 Å². The summed E-state index contributed by atoms with van der Waals surface area (Å²) in [7, 11) is -3.71. The van der Waals surface area contributed by atoms with Crippen LogP contribution in [0, 0.1) is 6.92 Å². The van der Waals surface area contributed by atoms with Gasteiger partial charge in [-0.3, -0.25) is 9.40 Å². The molecule has 3 N–H and O–H groups in total. The highest BCUT2D eigenvalue weighted by Gasteiger charge is 2.21. The number of sulfonamides is 1. The van der Waals surface area contributed by atoms with Crippen LogP contribution in [0.2, 0.25) is 0 Å². The summed E-state index contributed by atoms with van der Waals surface area (Å²) < 4.78 is 28.4. The van der Waals surface area contributed by atoms with Crippen LogP contribution in [0.25, 0.3) is 0 Å². The third-order valence-electron chi connectivity index (χ3n) is 2.64. The molecule has 0 atom stereocenters. The van der Waals surface area contributed by atoms with Gasteiger partial charge in [-0.2, -0.15) is 5.10 Å². The van der Waals surface area contributed by atoms with Crippen molar-refractivity contribution >= 4 is 21.5 Å². The predicted molar refractivity (Wildman–Crippen MR) is 74.3 cm³/mol. The average Bonchev–Trinajstić information content (AvgIpc) is 2.71. The number of nitrogens with one attached hydrogen (secondary N) is 1. The molecule has 0 unspecified atom stereocenters. The third-order valence-corrected chi connectivity index (χ3v) is 4.04. The van der Waals surface area contributed by atoms with E-state index < -0.39 is 10.0 Å². The first-order valence-corrected chi connectivity index (χ1v) is 7.33. The van der Waals surface area contributed by atoms with E-state index in [9.17, 15) is 8.42 Å². The van der Waals surface area contributed by atoms with E-state index in [-0.39, 0.29) is 10.7 Å². The van der Waals surface area contributed by atoms with E-state index in [0.717, 1.165) is 5.56 Å². The highest BCUT2D eigenvalue weighted by Crippen LogP contribution is 2.20. The molecule has 0 saturated carbocycles. The van der Waals surface area contributed by atoms with Crippen LogP contribution in [-0.4, -0.2) is 18.2 Å². The molecule has 2 rings (SSSR count). The number of rotatable bonds is 4. The Labute approximate surface area is 112 Å². The van der Waals surface area contributed by atoms with Crippen LogP contribution < -0.4 is 10.5 Å². The summed E-state index contributed by atoms with van der Waals surface area (Å²) in [6, 6.07) is 7.11. The molecule has 0 amide bonds. The van der Waals surface area contributed by atoms with Crippen molar-refractivity contribution in [2.45, 2.75) is 25.3 Å². The monoisotopic (exact) mass is 280 g/mol. The Morgan fingerprint density at radius 1 is 1.42 bits per heavy atom. The third kappa shape index (κ3) is 2.87. The summed E-state index contributed by atoms with van der Waals surface area (Å²) in [6.07, 6.45) is 1.42. The Morgan fingerprint density at radius 2 is 2.16 bits per heavy atom. The molecule has 6 nitrogen and oxygen atoms in total. The summed E-state index contributed by atoms with van der Waals surface area (Å²) in [4.78, 5) is -0.00384. The van der Waals surface area contributed by atoms with Crippen molar-refractivity contribution in [3.8, 4) is 0 Å². The van der Waals surface area contributed by atoms with E-state index in [0.29, 0.717) is 12.2 Å². The highest BCUT2D eigenvalue weighted by molar-refractivity contribution is 7.92. The minimum Gasteiger partial charge on any atom is -0.381 e. The van der Waals surface area contributed by atoms with E-state index in [1.165, 1.54) is 10.9 Å². The predicted octanol–water partition coefficient (Wildman–Crippen LogP) is 1.59. The number of nitrogens with zero attached hydrogens (tertiary/aromatic N) is 2. The maximum absolute atomic E-state index is 12.2. The first kappa shape index (κ1) is 13.4. The van der Waals surface area contributed by atoms with Crippen LogP contribution in [0.1, 0.15) is 12.5 Å². The Morgan fingerprint density at radius 3 is 2.74 bits per heavy atom. The lowest BCUT2D eigenvalue weighted by Gasteiger charge is -2.07. The molecule has 19 heavy (non-hydrogen) atoms. The second-order valence-electron chi connectivity index (χ2n) is 4.21. The van der Waals surface area contributed by atoms with Crippen molar-refractivity contribution < 1.29 is 8.42 Å². The summed E-state index contributed by atoms with van der Waals surface area (Å²) in [6.45, 7) is 4.31. The molecule has 1 aromatic heterocycles. The molecule has 0 fully saturated rings. The first-order valence-electron chi connectivity index (χ1n) is 5.85. The maximum Gasteiger partial charge on any atom is 0.267 e. The average molecular weight is 280 g/mol. The number of nitrogens with two attached hydrogens (primary N) is 1. The molecule has 0 aliphatic carbocycles. The molecular weight excluding hydrogens is 264 g/mol. The van der Waals surface area contributed by atoms with Crippen LogP contribution in [0.5, 0.6) is 0 Å². The van der Waals surface area contributed by atoms with Gasteiger partial charge in [0.25, 0.3) is 10.0 Å². The summed E-state index contributed by atoms with van der Waals surface area (Å²) >= 11 is 0. The zero-order valence-corrected chi connectivity index (χ0v) is 11.6. The minimum absolute atomic E-state index is 0.00185. The van der Waals surface area contributed by atoms with Gasteiger partial charge in [0.05, 0.1) is 0 Å². The van der Waals surface area contributed by atoms with Crippen LogP contribution in [0.15, 0.2) is 35.4 Å². The standard InChI is InChI=1S/C12H16N4O2S/c1-3-16-8-11(12(13)14-16)19(17,18)15-10-6-4-5-9(2)7-10/h4-8,15H,3H2,1-2H3,(H2,13,14). The van der Waals surface area contributed by atoms with E-state index >= 15 is 0 Å². The number of benzene rings is 1. The van der Waals surface area contributed by atoms with Gasteiger partial charge in [0.1, 0.15) is 4.90 Å². The van der Waals surface area contributed by atoms with Gasteiger partial charge in [0.2, 0.25) is 0 Å². The Balaban J connectivity index is 2.34. The van der Waals surface area contributed by atoms with Gasteiger partial charge in [-0.15, -0.1) is 0 Å². The fourth-order valence-electron chi connectivity index (χ4n) is 1.71. The molecule has 0 saturated heterocycles. The largest absolute Gasteiger partial charge is 0.381 e. The molecule has 0 spiro atoms. The number of anilines is 2. The number of nitrogen functional groups attached to an aromatic ring is 1. The van der Waals surface area contributed by atoms with Crippen LogP contribution in [0.4, 0.5) is 11.5 Å². The number of hydrogen-bond acceptors (Lipinski definition) is 4. The number of hydrogen-bond donors (Lipinski definition) is 2. The lowest BCUT2D eigenvalue weighted by atomic mass is 10.2. The molecule has 0 radical (unpaired) electrons. The van der Waals surface area contributed by atoms with Gasteiger partial charge in [0.15, 0.2) is 5.82 Å². The van der Waals surface area contributed by atoms with Crippen molar-refractivity contribution in [3.05, 3.63) is 36.0 Å². The van der Waals surface area contributed by atoms with Crippen LogP contribution in [-0.2, 0) is 16.6 Å². The normalized spacial score (nSPS) is 11.5. The number of aromatic nitrogens is 2. The van der Waals surface area contributed by atoms with Gasteiger partial charge in [-0.05, 0) is 31.5 Å². The molecule has 2 aromatic rings. The molecule has 7 heteroatoms. The summed E-state index contributed by atoms with van der Waals surface area (Å²) in [5.74, 6) is 0.00185. The van der Waals surface area contributed by atoms with Crippen molar-refractivity contribution in [1.82, 2.24) is 9.78 Å². The SMILES string of the molecule is CCn1cc(S(=O)(=O)Nc2cccc(C)c2)c(N)n1. The van der Waals surface area contributed by atoms with Gasteiger partial charge in [-0.1, -0.05) is 12.1 Å². The second-order valence-corrected chi connectivity index (χ2v) is 5.86. The lowest BCUT2D eigenvalue weighted by Crippen LogP contribution is -2.13. The van der Waals surface area contributed by atoms with Gasteiger partial charge in [0, 0.05) is 18.4 Å². The summed E-state index contributed by atoms with van der Waals surface area (Å²) in [5, 5.41) is 3.93. The minimum atomic E-state index is -3.71. The van der Waals surface area contributed by atoms with Crippen molar-refractivity contribution in [2.75, 3.05) is 10.5 Å². The van der Waals surface area contributed by atoms with E-state index in [2.05, 4.69) is 9.82 Å². The second kappa shape index (κ2) is 4.93. The van der Waals surface area contributed by atoms with Gasteiger partial charge < -0.3 is 5.73 Å². The van der Waals surface area contributed by atoms with Crippen molar-refractivity contribution in [3.63, 3.8) is 0 Å².